The van der Waals surface area contributed by atoms with E-state index in [0.29, 0.717) is 12.5 Å². The summed E-state index contributed by atoms with van der Waals surface area (Å²) in [5, 5.41) is 2.82. The van der Waals surface area contributed by atoms with Crippen LogP contribution in [0.15, 0.2) is 30.3 Å². The highest BCUT2D eigenvalue weighted by Crippen LogP contribution is 2.30. The minimum atomic E-state index is -0.686. The average molecular weight is 316 g/mol. The lowest BCUT2D eigenvalue weighted by Crippen LogP contribution is -2.53. The Morgan fingerprint density at radius 2 is 1.91 bits per heavy atom. The summed E-state index contributed by atoms with van der Waals surface area (Å²) < 4.78 is 0. The summed E-state index contributed by atoms with van der Waals surface area (Å²) in [4.78, 5) is 24.3. The van der Waals surface area contributed by atoms with Crippen molar-refractivity contribution in [2.24, 2.45) is 11.7 Å². The monoisotopic (exact) mass is 316 g/mol. The van der Waals surface area contributed by atoms with Crippen LogP contribution in [-0.4, -0.2) is 29.9 Å². The molecular weight excluding hydrogens is 292 g/mol. The van der Waals surface area contributed by atoms with Crippen molar-refractivity contribution in [1.29, 1.82) is 0 Å². The van der Waals surface area contributed by atoms with E-state index in [1.807, 2.05) is 30.3 Å². The number of primary amides is 1. The zero-order chi connectivity index (χ0) is 16.2. The van der Waals surface area contributed by atoms with Crippen LogP contribution in [-0.2, 0) is 16.0 Å². The van der Waals surface area contributed by atoms with E-state index in [9.17, 15) is 9.59 Å². The molecule has 4 unspecified atom stereocenters. The van der Waals surface area contributed by atoms with E-state index in [-0.39, 0.29) is 17.9 Å². The molecule has 1 aromatic carbocycles. The molecule has 5 N–H and O–H groups in total. The standard InChI is InChI=1S/C17H24N4O2/c18-16(22)14(10-11-6-2-1-3-7-11)19-17(23)15-12-8-4-5-9-13(12)20-21-15/h1-3,6-7,12-15,20-21H,4-5,8-10H2,(H2,18,22)(H,19,23). The van der Waals surface area contributed by atoms with Gasteiger partial charge < -0.3 is 11.1 Å². The van der Waals surface area contributed by atoms with Gasteiger partial charge in [0.15, 0.2) is 0 Å². The van der Waals surface area contributed by atoms with Crippen LogP contribution < -0.4 is 21.9 Å². The summed E-state index contributed by atoms with van der Waals surface area (Å²) in [6, 6.07) is 8.95. The molecule has 3 rings (SSSR count). The molecule has 1 aromatic rings. The van der Waals surface area contributed by atoms with Crippen molar-refractivity contribution in [1.82, 2.24) is 16.2 Å². The molecule has 4 atom stereocenters. The third kappa shape index (κ3) is 3.71. The zero-order valence-electron chi connectivity index (χ0n) is 13.1. The van der Waals surface area contributed by atoms with Gasteiger partial charge in [-0.2, -0.15) is 0 Å². The molecule has 6 nitrogen and oxygen atoms in total. The maximum absolute atomic E-state index is 12.6. The molecule has 0 bridgehead atoms. The fourth-order valence-corrected chi connectivity index (χ4v) is 3.64. The Labute approximate surface area is 136 Å². The molecular formula is C17H24N4O2. The van der Waals surface area contributed by atoms with Crippen molar-refractivity contribution < 1.29 is 9.59 Å². The van der Waals surface area contributed by atoms with Crippen molar-refractivity contribution in [2.45, 2.75) is 50.2 Å². The fourth-order valence-electron chi connectivity index (χ4n) is 3.64. The summed E-state index contributed by atoms with van der Waals surface area (Å²) in [6.45, 7) is 0. The van der Waals surface area contributed by atoms with Crippen LogP contribution in [0.1, 0.15) is 31.2 Å². The van der Waals surface area contributed by atoms with Gasteiger partial charge in [-0.25, -0.2) is 5.43 Å². The lowest BCUT2D eigenvalue weighted by molar-refractivity contribution is -0.129. The largest absolute Gasteiger partial charge is 0.368 e. The fraction of sp³-hybridized carbons (Fsp3) is 0.529. The van der Waals surface area contributed by atoms with E-state index in [2.05, 4.69) is 16.2 Å². The van der Waals surface area contributed by atoms with Crippen LogP contribution in [0.4, 0.5) is 0 Å². The van der Waals surface area contributed by atoms with Gasteiger partial charge in [-0.15, -0.1) is 0 Å². The number of hydrogen-bond acceptors (Lipinski definition) is 4. The van der Waals surface area contributed by atoms with Crippen LogP contribution in [0.5, 0.6) is 0 Å². The summed E-state index contributed by atoms with van der Waals surface area (Å²) in [5.41, 5.74) is 12.8. The second kappa shape index (κ2) is 7.10. The Bertz CT molecular complexity index is 563. The molecule has 6 heteroatoms. The quantitative estimate of drug-likeness (QED) is 0.625. The minimum absolute atomic E-state index is 0.147. The molecule has 2 fully saturated rings. The number of hydrogen-bond donors (Lipinski definition) is 4. The first-order chi connectivity index (χ1) is 11.1. The van der Waals surface area contributed by atoms with Crippen molar-refractivity contribution in [3.05, 3.63) is 35.9 Å². The van der Waals surface area contributed by atoms with E-state index in [1.165, 1.54) is 6.42 Å². The Morgan fingerprint density at radius 1 is 1.17 bits per heavy atom. The minimum Gasteiger partial charge on any atom is -0.368 e. The topological polar surface area (TPSA) is 96.2 Å². The molecule has 1 aliphatic heterocycles. The molecule has 1 saturated carbocycles. The first kappa shape index (κ1) is 16.0. The number of amides is 2. The molecule has 0 radical (unpaired) electrons. The van der Waals surface area contributed by atoms with Crippen LogP contribution >= 0.6 is 0 Å². The number of carbonyl (C=O) groups excluding carboxylic acids is 2. The van der Waals surface area contributed by atoms with Gasteiger partial charge in [0.25, 0.3) is 0 Å². The lowest BCUT2D eigenvalue weighted by atomic mass is 9.81. The van der Waals surface area contributed by atoms with Crippen LogP contribution in [0, 0.1) is 5.92 Å². The van der Waals surface area contributed by atoms with Crippen molar-refractivity contribution >= 4 is 11.8 Å². The Morgan fingerprint density at radius 3 is 2.65 bits per heavy atom. The molecule has 2 aliphatic rings. The SMILES string of the molecule is NC(=O)C(Cc1ccccc1)NC(=O)C1NNC2CCCCC21. The lowest BCUT2D eigenvalue weighted by Gasteiger charge is -2.27. The molecule has 2 amide bonds. The number of carbonyl (C=O) groups is 2. The Kier molecular flexibility index (Phi) is 4.93. The molecule has 23 heavy (non-hydrogen) atoms. The molecule has 1 heterocycles. The van der Waals surface area contributed by atoms with E-state index < -0.39 is 11.9 Å². The summed E-state index contributed by atoms with van der Waals surface area (Å²) in [5.74, 6) is -0.367. The van der Waals surface area contributed by atoms with Gasteiger partial charge in [-0.05, 0) is 18.4 Å². The van der Waals surface area contributed by atoms with E-state index >= 15 is 0 Å². The highest BCUT2D eigenvalue weighted by molar-refractivity contribution is 5.89. The Hall–Kier alpha value is -1.92. The van der Waals surface area contributed by atoms with Gasteiger partial charge in [0.05, 0.1) is 0 Å². The summed E-state index contributed by atoms with van der Waals surface area (Å²) >= 11 is 0. The van der Waals surface area contributed by atoms with Crippen LogP contribution in [0.3, 0.4) is 0 Å². The molecule has 1 saturated heterocycles. The zero-order valence-corrected chi connectivity index (χ0v) is 13.1. The maximum atomic E-state index is 12.6. The number of nitrogens with one attached hydrogen (secondary N) is 3. The van der Waals surface area contributed by atoms with Crippen molar-refractivity contribution in [3.63, 3.8) is 0 Å². The van der Waals surface area contributed by atoms with E-state index in [1.54, 1.807) is 0 Å². The van der Waals surface area contributed by atoms with Gasteiger partial charge in [-0.1, -0.05) is 43.2 Å². The van der Waals surface area contributed by atoms with E-state index in [0.717, 1.165) is 24.8 Å². The summed E-state index contributed by atoms with van der Waals surface area (Å²) in [6.07, 6.45) is 4.88. The number of fused-ring (bicyclic) bond motifs is 1. The highest BCUT2D eigenvalue weighted by Gasteiger charge is 2.41. The number of hydrazine groups is 1. The maximum Gasteiger partial charge on any atom is 0.240 e. The van der Waals surface area contributed by atoms with Gasteiger partial charge in [0.2, 0.25) is 11.8 Å². The van der Waals surface area contributed by atoms with Gasteiger partial charge in [0, 0.05) is 18.4 Å². The van der Waals surface area contributed by atoms with Crippen LogP contribution in [0.25, 0.3) is 0 Å². The average Bonchev–Trinajstić information content (AvgIpc) is 2.99. The first-order valence-corrected chi connectivity index (χ1v) is 8.30. The van der Waals surface area contributed by atoms with E-state index in [4.69, 9.17) is 5.73 Å². The predicted molar refractivity (Wildman–Crippen MR) is 87.1 cm³/mol. The predicted octanol–water partition coefficient (Wildman–Crippen LogP) is 0.234. The number of rotatable bonds is 5. The van der Waals surface area contributed by atoms with Gasteiger partial charge in [0.1, 0.15) is 12.1 Å². The third-order valence-corrected chi connectivity index (χ3v) is 4.90. The summed E-state index contributed by atoms with van der Waals surface area (Å²) in [7, 11) is 0. The molecule has 124 valence electrons. The Balaban J connectivity index is 1.63. The molecule has 1 aliphatic carbocycles. The second-order valence-electron chi connectivity index (χ2n) is 6.47. The van der Waals surface area contributed by atoms with Gasteiger partial charge in [-0.3, -0.25) is 15.0 Å². The van der Waals surface area contributed by atoms with Crippen molar-refractivity contribution in [2.75, 3.05) is 0 Å². The van der Waals surface area contributed by atoms with Crippen molar-refractivity contribution in [3.8, 4) is 0 Å². The second-order valence-corrected chi connectivity index (χ2v) is 6.47. The molecule has 0 aromatic heterocycles. The first-order valence-electron chi connectivity index (χ1n) is 8.30. The smallest absolute Gasteiger partial charge is 0.240 e. The number of nitrogens with two attached hydrogens (primary N) is 1. The third-order valence-electron chi connectivity index (χ3n) is 4.90. The van der Waals surface area contributed by atoms with Crippen LogP contribution in [0.2, 0.25) is 0 Å². The normalized spacial score (nSPS) is 27.9. The molecule has 0 spiro atoms. The highest BCUT2D eigenvalue weighted by atomic mass is 16.2. The van der Waals surface area contributed by atoms with Gasteiger partial charge >= 0.3 is 0 Å². The number of benzene rings is 1.